The van der Waals surface area contributed by atoms with E-state index < -0.39 is 0 Å². The van der Waals surface area contributed by atoms with Crippen molar-refractivity contribution in [2.24, 2.45) is 5.92 Å². The van der Waals surface area contributed by atoms with Crippen LogP contribution in [0.25, 0.3) is 0 Å². The van der Waals surface area contributed by atoms with Crippen molar-refractivity contribution in [2.45, 2.75) is 19.8 Å². The molecule has 1 unspecified atom stereocenters. The van der Waals surface area contributed by atoms with Gasteiger partial charge in [-0.1, -0.05) is 25.1 Å². The van der Waals surface area contributed by atoms with Gasteiger partial charge in [0.05, 0.1) is 0 Å². The van der Waals surface area contributed by atoms with Crippen molar-refractivity contribution in [2.75, 3.05) is 11.9 Å². The van der Waals surface area contributed by atoms with Gasteiger partial charge >= 0.3 is 0 Å². The first kappa shape index (κ1) is 17.6. The number of carbonyl (C=O) groups is 2. The maximum atomic E-state index is 13.1. The molecule has 0 aliphatic heterocycles. The summed E-state index contributed by atoms with van der Waals surface area (Å²) in [5.74, 6) is -0.512. The van der Waals surface area contributed by atoms with Crippen LogP contribution in [0.2, 0.25) is 0 Å². The zero-order valence-corrected chi connectivity index (χ0v) is 13.5. The van der Waals surface area contributed by atoms with Crippen molar-refractivity contribution < 1.29 is 14.0 Å². The van der Waals surface area contributed by atoms with Crippen LogP contribution in [0.4, 0.5) is 10.2 Å². The maximum Gasteiger partial charge on any atom is 0.227 e. The number of halogens is 1. The van der Waals surface area contributed by atoms with Crippen LogP contribution >= 0.6 is 0 Å². The monoisotopic (exact) mass is 329 g/mol. The van der Waals surface area contributed by atoms with Crippen molar-refractivity contribution in [3.63, 3.8) is 0 Å². The molecular formula is C18H20FN3O2. The Bertz CT molecular complexity index is 692. The molecule has 0 aliphatic rings. The van der Waals surface area contributed by atoms with Crippen LogP contribution in [0.15, 0.2) is 48.7 Å². The standard InChI is InChI=1S/C18H20FN3O2/c1-13(11-14-5-4-6-15(19)12-14)18(24)21-10-8-17(23)22-16-7-2-3-9-20-16/h2-7,9,12-13H,8,10-11H2,1H3,(H,21,24)(H,20,22,23). The third kappa shape index (κ3) is 5.79. The third-order valence-corrected chi connectivity index (χ3v) is 3.46. The molecule has 5 nitrogen and oxygen atoms in total. The number of anilines is 1. The van der Waals surface area contributed by atoms with E-state index in [9.17, 15) is 14.0 Å². The van der Waals surface area contributed by atoms with E-state index in [2.05, 4.69) is 15.6 Å². The number of amides is 2. The van der Waals surface area contributed by atoms with Gasteiger partial charge in [0.25, 0.3) is 0 Å². The highest BCUT2D eigenvalue weighted by molar-refractivity contribution is 5.90. The number of nitrogens with zero attached hydrogens (tertiary/aromatic N) is 1. The van der Waals surface area contributed by atoms with Crippen LogP contribution in [-0.2, 0) is 16.0 Å². The van der Waals surface area contributed by atoms with Crippen LogP contribution < -0.4 is 10.6 Å². The normalized spacial score (nSPS) is 11.6. The van der Waals surface area contributed by atoms with E-state index in [4.69, 9.17) is 0 Å². The summed E-state index contributed by atoms with van der Waals surface area (Å²) in [6.07, 6.45) is 2.20. The van der Waals surface area contributed by atoms with Crippen molar-refractivity contribution in [1.29, 1.82) is 0 Å². The lowest BCUT2D eigenvalue weighted by molar-refractivity contribution is -0.124. The average Bonchev–Trinajstić information content (AvgIpc) is 2.55. The summed E-state index contributed by atoms with van der Waals surface area (Å²) in [7, 11) is 0. The third-order valence-electron chi connectivity index (χ3n) is 3.46. The molecular weight excluding hydrogens is 309 g/mol. The van der Waals surface area contributed by atoms with Gasteiger partial charge in [0.1, 0.15) is 11.6 Å². The molecule has 0 saturated heterocycles. The molecule has 0 radical (unpaired) electrons. The van der Waals surface area contributed by atoms with Crippen molar-refractivity contribution in [1.82, 2.24) is 10.3 Å². The number of hydrogen-bond acceptors (Lipinski definition) is 3. The first-order valence-corrected chi connectivity index (χ1v) is 7.77. The van der Waals surface area contributed by atoms with E-state index in [1.54, 1.807) is 43.5 Å². The van der Waals surface area contributed by atoms with Crippen molar-refractivity contribution in [3.05, 3.63) is 60.0 Å². The Morgan fingerprint density at radius 1 is 1.21 bits per heavy atom. The topological polar surface area (TPSA) is 71.1 Å². The van der Waals surface area contributed by atoms with E-state index in [0.717, 1.165) is 5.56 Å². The minimum atomic E-state index is -0.314. The Morgan fingerprint density at radius 2 is 2.04 bits per heavy atom. The van der Waals surface area contributed by atoms with E-state index in [0.29, 0.717) is 12.2 Å². The first-order chi connectivity index (χ1) is 11.5. The van der Waals surface area contributed by atoms with Gasteiger partial charge in [-0.05, 0) is 36.2 Å². The smallest absolute Gasteiger partial charge is 0.227 e. The summed E-state index contributed by atoms with van der Waals surface area (Å²) in [5, 5.41) is 5.37. The minimum absolute atomic E-state index is 0.162. The molecule has 2 amide bonds. The van der Waals surface area contributed by atoms with Gasteiger partial charge in [0.2, 0.25) is 11.8 Å². The Morgan fingerprint density at radius 3 is 2.75 bits per heavy atom. The highest BCUT2D eigenvalue weighted by atomic mass is 19.1. The number of hydrogen-bond donors (Lipinski definition) is 2. The molecule has 1 atom stereocenters. The molecule has 0 bridgehead atoms. The lowest BCUT2D eigenvalue weighted by Crippen LogP contribution is -2.32. The second kappa shape index (κ2) is 8.76. The quantitative estimate of drug-likeness (QED) is 0.820. The summed E-state index contributed by atoms with van der Waals surface area (Å²) in [6.45, 7) is 2.01. The summed E-state index contributed by atoms with van der Waals surface area (Å²) < 4.78 is 13.1. The lowest BCUT2D eigenvalue weighted by atomic mass is 10.0. The molecule has 1 aromatic carbocycles. The predicted molar refractivity (Wildman–Crippen MR) is 89.8 cm³/mol. The summed E-state index contributed by atoms with van der Waals surface area (Å²) in [6, 6.07) is 11.4. The van der Waals surface area contributed by atoms with Gasteiger partial charge in [-0.2, -0.15) is 0 Å². The molecule has 0 aliphatic carbocycles. The van der Waals surface area contributed by atoms with Crippen LogP contribution in [0.1, 0.15) is 18.9 Å². The predicted octanol–water partition coefficient (Wildman–Crippen LogP) is 2.54. The van der Waals surface area contributed by atoms with Gasteiger partial charge in [-0.3, -0.25) is 9.59 Å². The minimum Gasteiger partial charge on any atom is -0.355 e. The highest BCUT2D eigenvalue weighted by Gasteiger charge is 2.14. The molecule has 0 fully saturated rings. The number of pyridine rings is 1. The molecule has 24 heavy (non-hydrogen) atoms. The molecule has 2 rings (SSSR count). The molecule has 1 heterocycles. The van der Waals surface area contributed by atoms with Gasteiger partial charge in [0.15, 0.2) is 0 Å². The highest BCUT2D eigenvalue weighted by Crippen LogP contribution is 2.10. The number of nitrogens with one attached hydrogen (secondary N) is 2. The zero-order valence-electron chi connectivity index (χ0n) is 13.5. The second-order valence-electron chi connectivity index (χ2n) is 5.54. The van der Waals surface area contributed by atoms with E-state index >= 15 is 0 Å². The maximum absolute atomic E-state index is 13.1. The van der Waals surface area contributed by atoms with E-state index in [-0.39, 0.29) is 36.5 Å². The largest absolute Gasteiger partial charge is 0.355 e. The molecule has 2 N–H and O–H groups in total. The number of carbonyl (C=O) groups excluding carboxylic acids is 2. The fraction of sp³-hybridized carbons (Fsp3) is 0.278. The summed E-state index contributed by atoms with van der Waals surface area (Å²) in [4.78, 5) is 27.8. The molecule has 0 saturated carbocycles. The van der Waals surface area contributed by atoms with Crippen LogP contribution in [0.3, 0.4) is 0 Å². The fourth-order valence-electron chi connectivity index (χ4n) is 2.23. The zero-order chi connectivity index (χ0) is 17.4. The van der Waals surface area contributed by atoms with Crippen molar-refractivity contribution in [3.8, 4) is 0 Å². The van der Waals surface area contributed by atoms with Gasteiger partial charge in [-0.25, -0.2) is 9.37 Å². The Labute approximate surface area is 140 Å². The van der Waals surface area contributed by atoms with E-state index in [1.807, 2.05) is 0 Å². The van der Waals surface area contributed by atoms with Gasteiger partial charge in [-0.15, -0.1) is 0 Å². The van der Waals surface area contributed by atoms with Crippen molar-refractivity contribution >= 4 is 17.6 Å². The number of aromatic nitrogens is 1. The fourth-order valence-corrected chi connectivity index (χ4v) is 2.23. The summed E-state index contributed by atoms with van der Waals surface area (Å²) >= 11 is 0. The number of rotatable bonds is 7. The Kier molecular flexibility index (Phi) is 6.42. The van der Waals surface area contributed by atoms with Gasteiger partial charge < -0.3 is 10.6 Å². The van der Waals surface area contributed by atoms with Gasteiger partial charge in [0, 0.05) is 25.1 Å². The molecule has 1 aromatic heterocycles. The average molecular weight is 329 g/mol. The molecule has 0 spiro atoms. The summed E-state index contributed by atoms with van der Waals surface area (Å²) in [5.41, 5.74) is 0.769. The van der Waals surface area contributed by atoms with E-state index in [1.165, 1.54) is 12.1 Å². The SMILES string of the molecule is CC(Cc1cccc(F)c1)C(=O)NCCC(=O)Nc1ccccn1. The van der Waals surface area contributed by atoms with Crippen LogP contribution in [0, 0.1) is 11.7 Å². The molecule has 2 aromatic rings. The lowest BCUT2D eigenvalue weighted by Gasteiger charge is -2.12. The number of benzene rings is 1. The first-order valence-electron chi connectivity index (χ1n) is 7.77. The Hall–Kier alpha value is -2.76. The molecule has 126 valence electrons. The van der Waals surface area contributed by atoms with Crippen LogP contribution in [0.5, 0.6) is 0 Å². The Balaban J connectivity index is 1.71. The second-order valence-corrected chi connectivity index (χ2v) is 5.54. The molecule has 6 heteroatoms. The van der Waals surface area contributed by atoms with Crippen LogP contribution in [-0.4, -0.2) is 23.3 Å².